The molecular formula is C29H48N3O16P3. The van der Waals surface area contributed by atoms with E-state index < -0.39 is 78.2 Å². The minimum absolute atomic E-state index is 0.216. The molecule has 1 aliphatic heterocycles. The first-order valence-corrected chi connectivity index (χ1v) is 20.8. The molecule has 0 amide bonds. The van der Waals surface area contributed by atoms with Crippen molar-refractivity contribution in [3.8, 4) is 0 Å². The standard InChI is InChI=1S/C17H21N2O16P3.C12H27N/c20-11(10-4-2-1-3-5-10)8-19-13(21)6-7-18(17(19)24)16-15(23)14(22)12(33-16)9-32-37(28,29)35-38(30,31)34-36(25,26)27;1-4-7-10-13(11-8-5-2)12-9-6-3/h1-7,12,14-16,22-23H,8-9H2,(H,28,29)(H,30,31)(H2,25,26,27);4-12H2,1-3H3/t12-,14-,15-,16-;/m1./s1. The van der Waals surface area contributed by atoms with E-state index in [4.69, 9.17) is 14.5 Å². The molecule has 22 heteroatoms. The SMILES string of the molecule is CCCCN(CCCC)CCCC.O=C(Cn1c(=O)ccn([C@@H]2O[C@H](COP(=O)(O)OP(=O)(O)OP(=O)(O)O)[C@@H](O)[C@H]2O)c1=O)c1ccccc1. The maximum atomic E-state index is 12.9. The average molecular weight is 788 g/mol. The Morgan fingerprint density at radius 3 is 1.88 bits per heavy atom. The van der Waals surface area contributed by atoms with Gasteiger partial charge >= 0.3 is 29.2 Å². The number of nitrogens with zero attached hydrogens (tertiary/aromatic N) is 3. The Bertz CT molecular complexity index is 1630. The minimum Gasteiger partial charge on any atom is -0.387 e. The van der Waals surface area contributed by atoms with Crippen molar-refractivity contribution >= 4 is 29.3 Å². The molecule has 1 fully saturated rings. The van der Waals surface area contributed by atoms with Gasteiger partial charge in [0.2, 0.25) is 0 Å². The maximum Gasteiger partial charge on any atom is 0.490 e. The molecule has 2 unspecified atom stereocenters. The largest absolute Gasteiger partial charge is 0.490 e. The summed E-state index contributed by atoms with van der Waals surface area (Å²) in [4.78, 5) is 76.1. The van der Waals surface area contributed by atoms with Crippen LogP contribution >= 0.6 is 23.5 Å². The van der Waals surface area contributed by atoms with Crippen LogP contribution in [-0.4, -0.2) is 94.2 Å². The third-order valence-corrected chi connectivity index (χ3v) is 11.2. The number of ether oxygens (including phenoxy) is 1. The third kappa shape index (κ3) is 15.4. The van der Waals surface area contributed by atoms with Crippen LogP contribution in [0.2, 0.25) is 0 Å². The molecule has 1 aromatic heterocycles. The van der Waals surface area contributed by atoms with Crippen LogP contribution in [0.3, 0.4) is 0 Å². The number of rotatable bonds is 20. The Morgan fingerprint density at radius 1 is 0.824 bits per heavy atom. The minimum atomic E-state index is -5.79. The van der Waals surface area contributed by atoms with Crippen LogP contribution in [0.25, 0.3) is 0 Å². The third-order valence-electron chi connectivity index (χ3n) is 7.41. The van der Waals surface area contributed by atoms with Crippen molar-refractivity contribution in [2.75, 3.05) is 26.2 Å². The molecular weight excluding hydrogens is 739 g/mol. The summed E-state index contributed by atoms with van der Waals surface area (Å²) in [5.74, 6) is -0.579. The molecule has 51 heavy (non-hydrogen) atoms. The molecule has 1 saturated heterocycles. The van der Waals surface area contributed by atoms with Crippen molar-refractivity contribution in [2.45, 2.75) is 90.4 Å². The number of hydrogen-bond acceptors (Lipinski definition) is 13. The van der Waals surface area contributed by atoms with E-state index >= 15 is 0 Å². The second kappa shape index (κ2) is 20.9. The van der Waals surface area contributed by atoms with Crippen molar-refractivity contribution < 1.29 is 66.2 Å². The Balaban J connectivity index is 0.000000588. The van der Waals surface area contributed by atoms with Gasteiger partial charge in [-0.1, -0.05) is 70.4 Å². The molecule has 6 N–H and O–H groups in total. The number of unbranched alkanes of at least 4 members (excludes halogenated alkanes) is 3. The molecule has 19 nitrogen and oxygen atoms in total. The molecule has 6 atom stereocenters. The van der Waals surface area contributed by atoms with Gasteiger partial charge in [-0.15, -0.1) is 0 Å². The number of aliphatic hydroxyl groups excluding tert-OH is 2. The molecule has 0 saturated carbocycles. The van der Waals surface area contributed by atoms with Crippen LogP contribution in [0.15, 0.2) is 52.2 Å². The van der Waals surface area contributed by atoms with E-state index in [1.54, 1.807) is 18.2 Å². The highest BCUT2D eigenvalue weighted by Crippen LogP contribution is 2.66. The van der Waals surface area contributed by atoms with Gasteiger partial charge in [0.25, 0.3) is 5.56 Å². The zero-order valence-corrected chi connectivity index (χ0v) is 31.3. The quantitative estimate of drug-likeness (QED) is 0.0831. The van der Waals surface area contributed by atoms with E-state index in [2.05, 4.69) is 38.8 Å². The lowest BCUT2D eigenvalue weighted by Gasteiger charge is -2.21. The van der Waals surface area contributed by atoms with Crippen LogP contribution in [0.4, 0.5) is 0 Å². The van der Waals surface area contributed by atoms with Crippen LogP contribution in [0.1, 0.15) is 75.9 Å². The summed E-state index contributed by atoms with van der Waals surface area (Å²) in [6, 6.07) is 8.64. The summed E-state index contributed by atoms with van der Waals surface area (Å²) in [6.45, 7) is 9.00. The number of hydrogen-bond donors (Lipinski definition) is 6. The van der Waals surface area contributed by atoms with Gasteiger partial charge in [-0.3, -0.25) is 23.2 Å². The molecule has 0 spiro atoms. The fourth-order valence-electron chi connectivity index (χ4n) is 4.78. The lowest BCUT2D eigenvalue weighted by Crippen LogP contribution is -2.44. The molecule has 1 aromatic carbocycles. The number of benzene rings is 1. The second-order valence-corrected chi connectivity index (χ2v) is 16.0. The van der Waals surface area contributed by atoms with E-state index in [1.807, 2.05) is 0 Å². The van der Waals surface area contributed by atoms with Crippen molar-refractivity contribution in [2.24, 2.45) is 0 Å². The van der Waals surface area contributed by atoms with Gasteiger partial charge in [-0.2, -0.15) is 8.62 Å². The molecule has 3 rings (SSSR count). The van der Waals surface area contributed by atoms with E-state index in [0.29, 0.717) is 9.13 Å². The molecule has 290 valence electrons. The monoisotopic (exact) mass is 787 g/mol. The zero-order chi connectivity index (χ0) is 38.4. The van der Waals surface area contributed by atoms with Gasteiger partial charge in [0, 0.05) is 17.8 Å². The Kier molecular flexibility index (Phi) is 18.4. The van der Waals surface area contributed by atoms with Crippen LogP contribution in [0.5, 0.6) is 0 Å². The van der Waals surface area contributed by atoms with E-state index in [0.717, 1.165) is 12.3 Å². The lowest BCUT2D eigenvalue weighted by atomic mass is 10.1. The van der Waals surface area contributed by atoms with Crippen LogP contribution in [0, 0.1) is 0 Å². The van der Waals surface area contributed by atoms with E-state index in [1.165, 1.54) is 70.3 Å². The molecule has 1 aliphatic rings. The fourth-order valence-corrected chi connectivity index (χ4v) is 7.81. The first kappa shape index (κ1) is 45.0. The predicted molar refractivity (Wildman–Crippen MR) is 183 cm³/mol. The molecule has 2 heterocycles. The number of phosphoric ester groups is 1. The number of carbonyl (C=O) groups is 1. The summed E-state index contributed by atoms with van der Waals surface area (Å²) in [7, 11) is -17.0. The average Bonchev–Trinajstić information content (AvgIpc) is 3.33. The maximum absolute atomic E-state index is 12.9. The number of Topliss-reactive ketones (excluding diaryl/α,β-unsaturated/α-hetero) is 1. The van der Waals surface area contributed by atoms with E-state index in [-0.39, 0.29) is 5.56 Å². The molecule has 0 aliphatic carbocycles. The number of aromatic nitrogens is 2. The lowest BCUT2D eigenvalue weighted by molar-refractivity contribution is -0.0547. The summed E-state index contributed by atoms with van der Waals surface area (Å²) in [5.41, 5.74) is -1.74. The van der Waals surface area contributed by atoms with Crippen molar-refractivity contribution in [3.63, 3.8) is 0 Å². The van der Waals surface area contributed by atoms with Gasteiger partial charge in [0.1, 0.15) is 18.3 Å². The predicted octanol–water partition coefficient (Wildman–Crippen LogP) is 2.54. The summed E-state index contributed by atoms with van der Waals surface area (Å²) >= 11 is 0. The highest BCUT2D eigenvalue weighted by Gasteiger charge is 2.47. The number of phosphoric acid groups is 3. The second-order valence-electron chi connectivity index (χ2n) is 11.6. The fraction of sp³-hybridized carbons (Fsp3) is 0.621. The summed E-state index contributed by atoms with van der Waals surface area (Å²) < 4.78 is 52.0. The molecule has 0 bridgehead atoms. The summed E-state index contributed by atoms with van der Waals surface area (Å²) in [6.07, 6.45) is 1.89. The van der Waals surface area contributed by atoms with E-state index in [9.17, 15) is 48.1 Å². The normalized spacial score (nSPS) is 21.5. The van der Waals surface area contributed by atoms with Gasteiger partial charge < -0.3 is 39.4 Å². The number of aliphatic hydroxyl groups is 2. The Labute approximate surface area is 294 Å². The summed E-state index contributed by atoms with van der Waals surface area (Å²) in [5, 5.41) is 20.6. The molecule has 0 radical (unpaired) electrons. The highest BCUT2D eigenvalue weighted by molar-refractivity contribution is 7.66. The van der Waals surface area contributed by atoms with Gasteiger partial charge in [-0.05, 0) is 38.9 Å². The van der Waals surface area contributed by atoms with Crippen molar-refractivity contribution in [3.05, 3.63) is 69.0 Å². The Morgan fingerprint density at radius 2 is 1.37 bits per heavy atom. The smallest absolute Gasteiger partial charge is 0.387 e. The van der Waals surface area contributed by atoms with Crippen LogP contribution in [-0.2, 0) is 38.1 Å². The first-order chi connectivity index (χ1) is 23.8. The van der Waals surface area contributed by atoms with Gasteiger partial charge in [-0.25, -0.2) is 18.5 Å². The molecule has 2 aromatic rings. The van der Waals surface area contributed by atoms with Gasteiger partial charge in [0.05, 0.1) is 13.2 Å². The van der Waals surface area contributed by atoms with Gasteiger partial charge in [0.15, 0.2) is 12.0 Å². The topological polar surface area (TPSA) is 274 Å². The number of carbonyl (C=O) groups excluding carboxylic acids is 1. The highest BCUT2D eigenvalue weighted by atomic mass is 31.3. The van der Waals surface area contributed by atoms with Crippen LogP contribution < -0.4 is 11.2 Å². The van der Waals surface area contributed by atoms with Crippen molar-refractivity contribution in [1.82, 2.24) is 14.0 Å². The Hall–Kier alpha value is -2.18. The number of ketones is 1. The van der Waals surface area contributed by atoms with Crippen molar-refractivity contribution in [1.29, 1.82) is 0 Å². The first-order valence-electron chi connectivity index (χ1n) is 16.3. The zero-order valence-electron chi connectivity index (χ0n) is 28.6.